The lowest BCUT2D eigenvalue weighted by atomic mass is 10.0. The lowest BCUT2D eigenvalue weighted by molar-refractivity contribution is -0.123. The van der Waals surface area contributed by atoms with Crippen LogP contribution >= 0.6 is 0 Å². The summed E-state index contributed by atoms with van der Waals surface area (Å²) in [5.74, 6) is 0.370. The van der Waals surface area contributed by atoms with Crippen LogP contribution < -0.4 is 16.4 Å². The van der Waals surface area contributed by atoms with Gasteiger partial charge >= 0.3 is 6.03 Å². The minimum atomic E-state index is -0.691. The molecule has 6 heteroatoms. The number of benzene rings is 1. The standard InChI is InChI=1S/C17H22N4O2/c1-10(11-6-7-11)20-16(22)15(21-17(18)23)8-12-9-19-14-5-3-2-4-13(12)14/h2-5,9-11,15,19H,6-8H2,1H3,(H,20,22)(H3,18,21,23)/t10-,15-/m0/s1. The highest BCUT2D eigenvalue weighted by atomic mass is 16.2. The van der Waals surface area contributed by atoms with Crippen LogP contribution in [0.15, 0.2) is 30.5 Å². The van der Waals surface area contributed by atoms with E-state index in [2.05, 4.69) is 15.6 Å². The molecule has 0 radical (unpaired) electrons. The molecule has 23 heavy (non-hydrogen) atoms. The maximum atomic E-state index is 12.5. The molecule has 1 fully saturated rings. The topological polar surface area (TPSA) is 100 Å². The molecule has 3 amide bonds. The van der Waals surface area contributed by atoms with Crippen LogP contribution in [-0.4, -0.2) is 29.0 Å². The molecular formula is C17H22N4O2. The number of amides is 3. The minimum Gasteiger partial charge on any atom is -0.361 e. The SMILES string of the molecule is C[C@H](NC(=O)[C@H](Cc1c[nH]c2ccccc12)NC(N)=O)C1CC1. The number of aromatic nitrogens is 1. The number of H-pyrrole nitrogens is 1. The van der Waals surface area contributed by atoms with Crippen molar-refractivity contribution in [1.29, 1.82) is 0 Å². The first kappa shape index (κ1) is 15.4. The smallest absolute Gasteiger partial charge is 0.312 e. The number of carbonyl (C=O) groups excluding carboxylic acids is 2. The van der Waals surface area contributed by atoms with Crippen LogP contribution in [0.2, 0.25) is 0 Å². The monoisotopic (exact) mass is 314 g/mol. The second kappa shape index (κ2) is 6.32. The Kier molecular flexibility index (Phi) is 4.23. The molecule has 1 aliphatic carbocycles. The van der Waals surface area contributed by atoms with E-state index in [0.717, 1.165) is 29.3 Å². The lowest BCUT2D eigenvalue weighted by Gasteiger charge is -2.20. The Bertz CT molecular complexity index is 720. The highest BCUT2D eigenvalue weighted by molar-refractivity contribution is 5.89. The van der Waals surface area contributed by atoms with Crippen molar-refractivity contribution in [2.75, 3.05) is 0 Å². The molecule has 0 bridgehead atoms. The Morgan fingerprint density at radius 3 is 2.74 bits per heavy atom. The lowest BCUT2D eigenvalue weighted by Crippen LogP contribution is -2.51. The van der Waals surface area contributed by atoms with Gasteiger partial charge in [-0.15, -0.1) is 0 Å². The predicted molar refractivity (Wildman–Crippen MR) is 88.8 cm³/mol. The van der Waals surface area contributed by atoms with Crippen LogP contribution in [0, 0.1) is 5.92 Å². The molecule has 2 aromatic rings. The van der Waals surface area contributed by atoms with Crippen molar-refractivity contribution in [2.24, 2.45) is 11.7 Å². The van der Waals surface area contributed by atoms with Gasteiger partial charge in [-0.3, -0.25) is 4.79 Å². The van der Waals surface area contributed by atoms with E-state index in [9.17, 15) is 9.59 Å². The van der Waals surface area contributed by atoms with Gasteiger partial charge in [0.2, 0.25) is 5.91 Å². The van der Waals surface area contributed by atoms with Crippen LogP contribution in [0.25, 0.3) is 10.9 Å². The van der Waals surface area contributed by atoms with E-state index in [1.807, 2.05) is 37.4 Å². The third-order valence-corrected chi connectivity index (χ3v) is 4.43. The van der Waals surface area contributed by atoms with Gasteiger partial charge in [-0.1, -0.05) is 18.2 Å². The molecule has 5 N–H and O–H groups in total. The summed E-state index contributed by atoms with van der Waals surface area (Å²) in [6.45, 7) is 2.00. The number of primary amides is 1. The van der Waals surface area contributed by atoms with Crippen molar-refractivity contribution in [3.8, 4) is 0 Å². The fourth-order valence-electron chi connectivity index (χ4n) is 2.94. The fourth-order valence-corrected chi connectivity index (χ4v) is 2.94. The first-order chi connectivity index (χ1) is 11.0. The number of urea groups is 1. The molecule has 1 saturated carbocycles. The molecule has 1 heterocycles. The maximum absolute atomic E-state index is 12.5. The summed E-state index contributed by atoms with van der Waals surface area (Å²) in [6.07, 6.45) is 4.57. The zero-order valence-electron chi connectivity index (χ0n) is 13.1. The van der Waals surface area contributed by atoms with Crippen molar-refractivity contribution in [3.63, 3.8) is 0 Å². The first-order valence-electron chi connectivity index (χ1n) is 7.96. The fraction of sp³-hybridized carbons (Fsp3) is 0.412. The summed E-state index contributed by atoms with van der Waals surface area (Å²) in [5, 5.41) is 6.60. The highest BCUT2D eigenvalue weighted by Gasteiger charge is 2.31. The van der Waals surface area contributed by atoms with Crippen LogP contribution in [-0.2, 0) is 11.2 Å². The van der Waals surface area contributed by atoms with E-state index < -0.39 is 12.1 Å². The molecule has 122 valence electrons. The van der Waals surface area contributed by atoms with E-state index in [4.69, 9.17) is 5.73 Å². The molecule has 1 aromatic heterocycles. The second-order valence-corrected chi connectivity index (χ2v) is 6.26. The van der Waals surface area contributed by atoms with E-state index in [1.54, 1.807) is 0 Å². The van der Waals surface area contributed by atoms with Gasteiger partial charge in [0.15, 0.2) is 0 Å². The van der Waals surface area contributed by atoms with Crippen molar-refractivity contribution in [3.05, 3.63) is 36.0 Å². The number of carbonyl (C=O) groups is 2. The second-order valence-electron chi connectivity index (χ2n) is 6.26. The molecule has 2 atom stereocenters. The summed E-state index contributed by atoms with van der Waals surface area (Å²) in [7, 11) is 0. The summed E-state index contributed by atoms with van der Waals surface area (Å²) in [5.41, 5.74) is 7.22. The molecule has 6 nitrogen and oxygen atoms in total. The van der Waals surface area contributed by atoms with Gasteiger partial charge in [-0.25, -0.2) is 4.79 Å². The predicted octanol–water partition coefficient (Wildman–Crippen LogP) is 1.66. The highest BCUT2D eigenvalue weighted by Crippen LogP contribution is 2.32. The van der Waals surface area contributed by atoms with Gasteiger partial charge in [0.05, 0.1) is 0 Å². The van der Waals surface area contributed by atoms with E-state index >= 15 is 0 Å². The molecule has 0 spiro atoms. The number of rotatable bonds is 6. The van der Waals surface area contributed by atoms with Crippen LogP contribution in [0.4, 0.5) is 4.79 Å². The number of nitrogens with one attached hydrogen (secondary N) is 3. The average molecular weight is 314 g/mol. The molecule has 3 rings (SSSR count). The zero-order valence-corrected chi connectivity index (χ0v) is 13.1. The molecule has 1 aromatic carbocycles. The normalized spacial score (nSPS) is 16.7. The largest absolute Gasteiger partial charge is 0.361 e. The summed E-state index contributed by atoms with van der Waals surface area (Å²) < 4.78 is 0. The molecule has 0 saturated heterocycles. The van der Waals surface area contributed by atoms with Crippen molar-refractivity contribution < 1.29 is 9.59 Å². The van der Waals surface area contributed by atoms with Crippen molar-refractivity contribution in [2.45, 2.75) is 38.3 Å². The number of aromatic amines is 1. The van der Waals surface area contributed by atoms with Crippen molar-refractivity contribution >= 4 is 22.8 Å². The Morgan fingerprint density at radius 1 is 1.30 bits per heavy atom. The Hall–Kier alpha value is -2.50. The summed E-state index contributed by atoms with van der Waals surface area (Å²) >= 11 is 0. The Balaban J connectivity index is 1.75. The van der Waals surface area contributed by atoms with E-state index in [1.165, 1.54) is 0 Å². The quantitative estimate of drug-likeness (QED) is 0.652. The average Bonchev–Trinajstić information content (AvgIpc) is 3.29. The van der Waals surface area contributed by atoms with E-state index in [-0.39, 0.29) is 11.9 Å². The van der Waals surface area contributed by atoms with Gasteiger partial charge in [-0.05, 0) is 37.3 Å². The number of hydrogen-bond acceptors (Lipinski definition) is 2. The minimum absolute atomic E-state index is 0.127. The van der Waals surface area contributed by atoms with Gasteiger partial charge in [-0.2, -0.15) is 0 Å². The third kappa shape index (κ3) is 3.64. The van der Waals surface area contributed by atoms with Crippen molar-refractivity contribution in [1.82, 2.24) is 15.6 Å². The van der Waals surface area contributed by atoms with Crippen LogP contribution in [0.5, 0.6) is 0 Å². The van der Waals surface area contributed by atoms with Crippen LogP contribution in [0.3, 0.4) is 0 Å². The maximum Gasteiger partial charge on any atom is 0.312 e. The van der Waals surface area contributed by atoms with Gasteiger partial charge < -0.3 is 21.4 Å². The number of hydrogen-bond donors (Lipinski definition) is 4. The number of nitrogens with two attached hydrogens (primary N) is 1. The van der Waals surface area contributed by atoms with Gasteiger partial charge in [0.1, 0.15) is 6.04 Å². The Labute approximate surface area is 134 Å². The van der Waals surface area contributed by atoms with Gasteiger partial charge in [0.25, 0.3) is 0 Å². The van der Waals surface area contributed by atoms with E-state index in [0.29, 0.717) is 12.3 Å². The Morgan fingerprint density at radius 2 is 2.04 bits per heavy atom. The number of fused-ring (bicyclic) bond motifs is 1. The van der Waals surface area contributed by atoms with Crippen LogP contribution in [0.1, 0.15) is 25.3 Å². The molecule has 1 aliphatic rings. The summed E-state index contributed by atoms with van der Waals surface area (Å²) in [4.78, 5) is 26.9. The van der Waals surface area contributed by atoms with Gasteiger partial charge in [0, 0.05) is 29.6 Å². The molecule has 0 aliphatic heterocycles. The number of para-hydroxylation sites is 1. The summed E-state index contributed by atoms with van der Waals surface area (Å²) in [6, 6.07) is 6.63. The zero-order chi connectivity index (χ0) is 16.4. The first-order valence-corrected chi connectivity index (χ1v) is 7.96. The molecular weight excluding hydrogens is 292 g/mol. The molecule has 0 unspecified atom stereocenters. The third-order valence-electron chi connectivity index (χ3n) is 4.43.